The van der Waals surface area contributed by atoms with E-state index in [1.807, 2.05) is 42.5 Å². The zero-order valence-corrected chi connectivity index (χ0v) is 12.7. The molecular formula is C17H13NO3S. The van der Waals surface area contributed by atoms with Crippen LogP contribution < -0.4 is 0 Å². The number of hydrogen-bond acceptors (Lipinski definition) is 5. The van der Waals surface area contributed by atoms with Crippen molar-refractivity contribution in [2.45, 2.75) is 22.6 Å². The first-order chi connectivity index (χ1) is 10.7. The summed E-state index contributed by atoms with van der Waals surface area (Å²) in [5, 5.41) is 3.62. The molecule has 110 valence electrons. The summed E-state index contributed by atoms with van der Waals surface area (Å²) in [4.78, 5) is 29.0. The second-order valence-electron chi connectivity index (χ2n) is 4.87. The summed E-state index contributed by atoms with van der Waals surface area (Å²) >= 11 is 1.65. The fourth-order valence-electron chi connectivity index (χ4n) is 2.41. The molecule has 0 aromatic heterocycles. The Labute approximate surface area is 132 Å². The van der Waals surface area contributed by atoms with Gasteiger partial charge in [-0.1, -0.05) is 41.2 Å². The second-order valence-corrected chi connectivity index (χ2v) is 5.95. The van der Waals surface area contributed by atoms with E-state index in [-0.39, 0.29) is 5.92 Å². The molecule has 4 nitrogen and oxygen atoms in total. The van der Waals surface area contributed by atoms with Crippen LogP contribution in [0.25, 0.3) is 0 Å². The highest BCUT2D eigenvalue weighted by Gasteiger charge is 2.25. The maximum absolute atomic E-state index is 11.6. The van der Waals surface area contributed by atoms with Gasteiger partial charge in [0, 0.05) is 16.7 Å². The van der Waals surface area contributed by atoms with E-state index in [9.17, 15) is 9.59 Å². The van der Waals surface area contributed by atoms with Gasteiger partial charge in [0.05, 0.1) is 12.1 Å². The molecule has 0 saturated carbocycles. The third-order valence-electron chi connectivity index (χ3n) is 3.36. The number of nitrogens with zero attached hydrogens (tertiary/aromatic N) is 1. The highest BCUT2D eigenvalue weighted by Crippen LogP contribution is 2.45. The topological polar surface area (TPSA) is 55.7 Å². The van der Waals surface area contributed by atoms with Crippen LogP contribution in [0.15, 0.2) is 57.4 Å². The quantitative estimate of drug-likeness (QED) is 0.377. The molecule has 0 fully saturated rings. The molecular weight excluding hydrogens is 298 g/mol. The number of carbonyl (C=O) groups excluding carboxylic acids is 2. The smallest absolute Gasteiger partial charge is 0.319 e. The third kappa shape index (κ3) is 2.80. The van der Waals surface area contributed by atoms with Crippen LogP contribution in [0.3, 0.4) is 0 Å². The standard InChI is InChI=1S/C17H13NO3S/c1-11(20)21-18-9-12-6-7-17-14(8-12)15(10-19)13-4-2-3-5-16(13)22-17/h2-10,15H,1H3. The number of benzene rings is 2. The normalized spacial score (nSPS) is 16.0. The number of aldehydes is 1. The molecule has 0 aliphatic carbocycles. The van der Waals surface area contributed by atoms with Gasteiger partial charge in [-0.25, -0.2) is 4.79 Å². The maximum atomic E-state index is 11.6. The zero-order valence-electron chi connectivity index (χ0n) is 11.9. The van der Waals surface area contributed by atoms with Gasteiger partial charge in [0.25, 0.3) is 0 Å². The molecule has 0 saturated heterocycles. The van der Waals surface area contributed by atoms with E-state index in [0.717, 1.165) is 32.8 Å². The Bertz CT molecular complexity index is 770. The lowest BCUT2D eigenvalue weighted by atomic mass is 9.91. The predicted molar refractivity (Wildman–Crippen MR) is 84.3 cm³/mol. The molecule has 2 aromatic rings. The van der Waals surface area contributed by atoms with Gasteiger partial charge in [-0.3, -0.25) is 0 Å². The van der Waals surface area contributed by atoms with Gasteiger partial charge in [0.1, 0.15) is 6.29 Å². The van der Waals surface area contributed by atoms with Crippen molar-refractivity contribution in [2.75, 3.05) is 0 Å². The van der Waals surface area contributed by atoms with Crippen LogP contribution in [-0.4, -0.2) is 18.5 Å². The molecule has 1 unspecified atom stereocenters. The van der Waals surface area contributed by atoms with E-state index >= 15 is 0 Å². The molecule has 0 bridgehead atoms. The molecule has 0 N–H and O–H groups in total. The lowest BCUT2D eigenvalue weighted by molar-refractivity contribution is -0.140. The van der Waals surface area contributed by atoms with Crippen molar-refractivity contribution in [1.82, 2.24) is 0 Å². The van der Waals surface area contributed by atoms with Crippen molar-refractivity contribution < 1.29 is 14.4 Å². The summed E-state index contributed by atoms with van der Waals surface area (Å²) in [5.41, 5.74) is 2.75. The largest absolute Gasteiger partial charge is 0.331 e. The molecule has 3 rings (SSSR count). The fraction of sp³-hybridized carbons (Fsp3) is 0.118. The van der Waals surface area contributed by atoms with Crippen molar-refractivity contribution in [2.24, 2.45) is 5.16 Å². The highest BCUT2D eigenvalue weighted by atomic mass is 32.2. The van der Waals surface area contributed by atoms with Crippen molar-refractivity contribution in [3.05, 3.63) is 59.2 Å². The van der Waals surface area contributed by atoms with E-state index < -0.39 is 5.97 Å². The van der Waals surface area contributed by atoms with Crippen LogP contribution in [0.1, 0.15) is 29.5 Å². The summed E-state index contributed by atoms with van der Waals surface area (Å²) < 4.78 is 0. The Morgan fingerprint density at radius 1 is 1.18 bits per heavy atom. The van der Waals surface area contributed by atoms with Gasteiger partial charge in [-0.05, 0) is 34.9 Å². The van der Waals surface area contributed by atoms with Crippen molar-refractivity contribution in [3.63, 3.8) is 0 Å². The summed E-state index contributed by atoms with van der Waals surface area (Å²) in [5.74, 6) is -0.751. The van der Waals surface area contributed by atoms with Crippen LogP contribution in [0, 0.1) is 0 Å². The van der Waals surface area contributed by atoms with Crippen LogP contribution in [-0.2, 0) is 14.4 Å². The number of hydrogen-bond donors (Lipinski definition) is 0. The average Bonchev–Trinajstić information content (AvgIpc) is 2.52. The summed E-state index contributed by atoms with van der Waals surface area (Å²) in [6.45, 7) is 1.29. The Balaban J connectivity index is 1.97. The molecule has 0 radical (unpaired) electrons. The Kier molecular flexibility index (Phi) is 4.06. The summed E-state index contributed by atoms with van der Waals surface area (Å²) in [6.07, 6.45) is 2.43. The van der Waals surface area contributed by atoms with Crippen LogP contribution >= 0.6 is 11.8 Å². The average molecular weight is 311 g/mol. The molecule has 2 aromatic carbocycles. The molecule has 22 heavy (non-hydrogen) atoms. The van der Waals surface area contributed by atoms with Crippen LogP contribution in [0.4, 0.5) is 0 Å². The molecule has 1 heterocycles. The van der Waals surface area contributed by atoms with E-state index in [2.05, 4.69) is 9.99 Å². The molecule has 0 spiro atoms. The lowest BCUT2D eigenvalue weighted by Gasteiger charge is -2.24. The molecule has 1 atom stereocenters. The van der Waals surface area contributed by atoms with Gasteiger partial charge in [0.2, 0.25) is 0 Å². The highest BCUT2D eigenvalue weighted by molar-refractivity contribution is 7.99. The van der Waals surface area contributed by atoms with Gasteiger partial charge < -0.3 is 9.63 Å². The second kappa shape index (κ2) is 6.15. The lowest BCUT2D eigenvalue weighted by Crippen LogP contribution is -2.10. The number of oxime groups is 1. The summed E-state index contributed by atoms with van der Waals surface area (Å²) in [6, 6.07) is 13.7. The minimum atomic E-state index is -0.468. The predicted octanol–water partition coefficient (Wildman–Crippen LogP) is 3.38. The van der Waals surface area contributed by atoms with Crippen LogP contribution in [0.2, 0.25) is 0 Å². The van der Waals surface area contributed by atoms with Gasteiger partial charge in [0.15, 0.2) is 0 Å². The minimum Gasteiger partial charge on any atom is -0.319 e. The Morgan fingerprint density at radius 2 is 1.95 bits per heavy atom. The van der Waals surface area contributed by atoms with Crippen molar-refractivity contribution >= 4 is 30.2 Å². The zero-order chi connectivity index (χ0) is 15.5. The fourth-order valence-corrected chi connectivity index (χ4v) is 3.54. The molecule has 1 aliphatic rings. The first-order valence-corrected chi connectivity index (χ1v) is 7.57. The minimum absolute atomic E-state index is 0.283. The molecule has 0 amide bonds. The van der Waals surface area contributed by atoms with Crippen LogP contribution in [0.5, 0.6) is 0 Å². The maximum Gasteiger partial charge on any atom is 0.331 e. The SMILES string of the molecule is CC(=O)ON=Cc1ccc2c(c1)C(C=O)c1ccccc1S2. The van der Waals surface area contributed by atoms with E-state index in [0.29, 0.717) is 0 Å². The number of rotatable bonds is 3. The monoisotopic (exact) mass is 311 g/mol. The van der Waals surface area contributed by atoms with E-state index in [1.54, 1.807) is 11.8 Å². The molecule has 1 aliphatic heterocycles. The first-order valence-electron chi connectivity index (χ1n) is 6.76. The third-order valence-corrected chi connectivity index (χ3v) is 4.55. The van der Waals surface area contributed by atoms with Gasteiger partial charge in [-0.2, -0.15) is 0 Å². The Hall–Kier alpha value is -2.40. The first kappa shape index (κ1) is 14.5. The van der Waals surface area contributed by atoms with Crippen molar-refractivity contribution in [1.29, 1.82) is 0 Å². The Morgan fingerprint density at radius 3 is 2.73 bits per heavy atom. The molecule has 5 heteroatoms. The van der Waals surface area contributed by atoms with Gasteiger partial charge in [-0.15, -0.1) is 0 Å². The van der Waals surface area contributed by atoms with E-state index in [1.165, 1.54) is 13.1 Å². The van der Waals surface area contributed by atoms with Crippen molar-refractivity contribution in [3.8, 4) is 0 Å². The number of carbonyl (C=O) groups is 2. The number of fused-ring (bicyclic) bond motifs is 2. The van der Waals surface area contributed by atoms with E-state index in [4.69, 9.17) is 0 Å². The summed E-state index contributed by atoms with van der Waals surface area (Å²) in [7, 11) is 0. The van der Waals surface area contributed by atoms with Gasteiger partial charge >= 0.3 is 5.97 Å².